The number of nitrogens with one attached hydrogen (secondary N) is 1. The number of carbonyl (C=O) groups excluding carboxylic acids is 1. The number of likely N-dealkylation sites (tertiary alicyclic amines) is 1. The van der Waals surface area contributed by atoms with E-state index in [4.69, 9.17) is 11.6 Å². The van der Waals surface area contributed by atoms with Gasteiger partial charge in [-0.3, -0.25) is 4.79 Å². The molecule has 2 aliphatic heterocycles. The molecule has 0 radical (unpaired) electrons. The first-order chi connectivity index (χ1) is 10.8. The molecular weight excluding hydrogens is 331 g/mol. The van der Waals surface area contributed by atoms with Crippen molar-refractivity contribution in [2.75, 3.05) is 19.6 Å². The van der Waals surface area contributed by atoms with Crippen molar-refractivity contribution in [3.63, 3.8) is 0 Å². The summed E-state index contributed by atoms with van der Waals surface area (Å²) in [6.45, 7) is 2.84. The van der Waals surface area contributed by atoms with Crippen molar-refractivity contribution in [1.29, 1.82) is 0 Å². The minimum Gasteiger partial charge on any atom is -0.335 e. The number of nitrogens with zero attached hydrogens (tertiary/aromatic N) is 1. The number of piperidine rings is 1. The molecule has 0 spiro atoms. The van der Waals surface area contributed by atoms with Gasteiger partial charge in [0.15, 0.2) is 0 Å². The molecule has 1 atom stereocenters. The number of hydrogen-bond acceptors (Lipinski definition) is 2. The maximum Gasteiger partial charge on any atom is 0.226 e. The molecule has 3 nitrogen and oxygen atoms in total. The van der Waals surface area contributed by atoms with Gasteiger partial charge < -0.3 is 10.2 Å². The highest BCUT2D eigenvalue weighted by atomic mass is 35.5. The Labute approximate surface area is 150 Å². The summed E-state index contributed by atoms with van der Waals surface area (Å²) in [5, 5.41) is 4.11. The summed E-state index contributed by atoms with van der Waals surface area (Å²) in [5.41, 5.74) is 1.23. The van der Waals surface area contributed by atoms with Crippen LogP contribution in [0.2, 0.25) is 5.02 Å². The van der Waals surface area contributed by atoms with Crippen LogP contribution < -0.4 is 5.32 Å². The normalized spacial score (nSPS) is 23.0. The zero-order valence-electron chi connectivity index (χ0n) is 13.5. The molecule has 1 aromatic carbocycles. The molecule has 2 aliphatic rings. The van der Waals surface area contributed by atoms with Gasteiger partial charge >= 0.3 is 0 Å². The second-order valence-corrected chi connectivity index (χ2v) is 6.91. The maximum atomic E-state index is 13.0. The highest BCUT2D eigenvalue weighted by molar-refractivity contribution is 6.30. The third-order valence-electron chi connectivity index (χ3n) is 4.98. The van der Waals surface area contributed by atoms with Crippen LogP contribution >= 0.6 is 24.0 Å². The first kappa shape index (κ1) is 18.6. The topological polar surface area (TPSA) is 32.3 Å². The Hall–Kier alpha value is -0.770. The summed E-state index contributed by atoms with van der Waals surface area (Å²) in [6, 6.07) is 8.27. The van der Waals surface area contributed by atoms with Gasteiger partial charge in [-0.15, -0.1) is 12.4 Å². The molecule has 3 rings (SSSR count). The second kappa shape index (κ2) is 8.91. The minimum atomic E-state index is 0. The lowest BCUT2D eigenvalue weighted by Gasteiger charge is -2.35. The number of halogens is 2. The Morgan fingerprint density at radius 1 is 1.04 bits per heavy atom. The van der Waals surface area contributed by atoms with Gasteiger partial charge in [0.05, 0.1) is 6.04 Å². The van der Waals surface area contributed by atoms with Gasteiger partial charge in [0.2, 0.25) is 5.91 Å². The largest absolute Gasteiger partial charge is 0.335 e. The lowest BCUT2D eigenvalue weighted by molar-refractivity contribution is -0.138. The van der Waals surface area contributed by atoms with E-state index in [0.29, 0.717) is 5.91 Å². The third-order valence-corrected chi connectivity index (χ3v) is 5.23. The standard InChI is InChI=1S/C18H25ClN2O.ClH/c19-16-7-5-14(6-8-16)17-4-2-1-3-13-21(17)18(22)15-9-11-20-12-10-15;/h5-8,15,17,20H,1-4,9-13H2;1H. The van der Waals surface area contributed by atoms with Gasteiger partial charge in [0.25, 0.3) is 0 Å². The van der Waals surface area contributed by atoms with Crippen LogP contribution in [0.3, 0.4) is 0 Å². The van der Waals surface area contributed by atoms with Crippen LogP contribution in [0, 0.1) is 5.92 Å². The van der Waals surface area contributed by atoms with E-state index in [0.717, 1.165) is 50.3 Å². The molecule has 2 fully saturated rings. The molecule has 2 heterocycles. The monoisotopic (exact) mass is 356 g/mol. The molecule has 5 heteroatoms. The summed E-state index contributed by atoms with van der Waals surface area (Å²) in [7, 11) is 0. The first-order valence-electron chi connectivity index (χ1n) is 8.52. The molecule has 0 aliphatic carbocycles. The van der Waals surface area contributed by atoms with E-state index in [1.54, 1.807) is 0 Å². The predicted molar refractivity (Wildman–Crippen MR) is 97.2 cm³/mol. The molecule has 0 aromatic heterocycles. The van der Waals surface area contributed by atoms with Crippen LogP contribution in [0.5, 0.6) is 0 Å². The van der Waals surface area contributed by atoms with Crippen LogP contribution in [0.25, 0.3) is 0 Å². The van der Waals surface area contributed by atoms with E-state index >= 15 is 0 Å². The quantitative estimate of drug-likeness (QED) is 0.860. The van der Waals surface area contributed by atoms with E-state index in [-0.39, 0.29) is 24.4 Å². The average Bonchev–Trinajstić information content (AvgIpc) is 2.81. The second-order valence-electron chi connectivity index (χ2n) is 6.47. The van der Waals surface area contributed by atoms with Gasteiger partial charge in [-0.1, -0.05) is 36.6 Å². The molecule has 2 saturated heterocycles. The highest BCUT2D eigenvalue weighted by Crippen LogP contribution is 2.33. The molecule has 1 unspecified atom stereocenters. The number of amides is 1. The fraction of sp³-hybridized carbons (Fsp3) is 0.611. The number of rotatable bonds is 2. The third kappa shape index (κ3) is 4.62. The van der Waals surface area contributed by atoms with Gasteiger partial charge in [-0.05, 0) is 56.5 Å². The lowest BCUT2D eigenvalue weighted by Crippen LogP contribution is -2.42. The molecule has 0 bridgehead atoms. The molecular formula is C18H26Cl2N2O. The maximum absolute atomic E-state index is 13.0. The predicted octanol–water partition coefficient (Wildman–Crippen LogP) is 4.21. The van der Waals surface area contributed by atoms with Crippen molar-refractivity contribution in [2.24, 2.45) is 5.92 Å². The van der Waals surface area contributed by atoms with Crippen LogP contribution in [0.1, 0.15) is 50.1 Å². The molecule has 1 amide bonds. The zero-order valence-corrected chi connectivity index (χ0v) is 15.0. The lowest BCUT2D eigenvalue weighted by atomic mass is 9.94. The van der Waals surface area contributed by atoms with Crippen molar-refractivity contribution in [3.8, 4) is 0 Å². The smallest absolute Gasteiger partial charge is 0.226 e. The minimum absolute atomic E-state index is 0. The SMILES string of the molecule is Cl.O=C(C1CCNCC1)N1CCCCCC1c1ccc(Cl)cc1. The Bertz CT molecular complexity index is 500. The van der Waals surface area contributed by atoms with Gasteiger partial charge in [-0.2, -0.15) is 0 Å². The van der Waals surface area contributed by atoms with E-state index in [2.05, 4.69) is 22.3 Å². The van der Waals surface area contributed by atoms with Crippen LogP contribution in [-0.4, -0.2) is 30.4 Å². The van der Waals surface area contributed by atoms with Crippen molar-refractivity contribution in [3.05, 3.63) is 34.9 Å². The summed E-state index contributed by atoms with van der Waals surface area (Å²) in [6.07, 6.45) is 6.56. The van der Waals surface area contributed by atoms with Crippen molar-refractivity contribution in [1.82, 2.24) is 10.2 Å². The molecule has 1 N–H and O–H groups in total. The van der Waals surface area contributed by atoms with E-state index in [1.165, 1.54) is 18.4 Å². The molecule has 23 heavy (non-hydrogen) atoms. The molecule has 0 saturated carbocycles. The molecule has 128 valence electrons. The Morgan fingerprint density at radius 2 is 1.74 bits per heavy atom. The molecule has 1 aromatic rings. The van der Waals surface area contributed by atoms with Gasteiger partial charge in [0, 0.05) is 17.5 Å². The average molecular weight is 357 g/mol. The van der Waals surface area contributed by atoms with Crippen LogP contribution in [-0.2, 0) is 4.79 Å². The highest BCUT2D eigenvalue weighted by Gasteiger charge is 2.31. The van der Waals surface area contributed by atoms with Gasteiger partial charge in [0.1, 0.15) is 0 Å². The number of hydrogen-bond donors (Lipinski definition) is 1. The zero-order chi connectivity index (χ0) is 15.4. The van der Waals surface area contributed by atoms with E-state index < -0.39 is 0 Å². The number of benzene rings is 1. The Kier molecular flexibility index (Phi) is 7.19. The summed E-state index contributed by atoms with van der Waals surface area (Å²) in [5.74, 6) is 0.567. The van der Waals surface area contributed by atoms with Crippen molar-refractivity contribution >= 4 is 29.9 Å². The Morgan fingerprint density at radius 3 is 2.43 bits per heavy atom. The fourth-order valence-corrected chi connectivity index (χ4v) is 3.83. The van der Waals surface area contributed by atoms with Gasteiger partial charge in [-0.25, -0.2) is 0 Å². The summed E-state index contributed by atoms with van der Waals surface area (Å²) in [4.78, 5) is 15.2. The van der Waals surface area contributed by atoms with E-state index in [1.807, 2.05) is 12.1 Å². The summed E-state index contributed by atoms with van der Waals surface area (Å²) < 4.78 is 0. The first-order valence-corrected chi connectivity index (χ1v) is 8.90. The van der Waals surface area contributed by atoms with Crippen LogP contribution in [0.15, 0.2) is 24.3 Å². The fourth-order valence-electron chi connectivity index (χ4n) is 3.71. The van der Waals surface area contributed by atoms with E-state index in [9.17, 15) is 4.79 Å². The number of carbonyl (C=O) groups is 1. The van der Waals surface area contributed by atoms with Crippen molar-refractivity contribution < 1.29 is 4.79 Å². The van der Waals surface area contributed by atoms with Crippen molar-refractivity contribution in [2.45, 2.75) is 44.6 Å². The van der Waals surface area contributed by atoms with Crippen LogP contribution in [0.4, 0.5) is 0 Å². The summed E-state index contributed by atoms with van der Waals surface area (Å²) >= 11 is 6.02. The Balaban J connectivity index is 0.00000192.